The van der Waals surface area contributed by atoms with Crippen LogP contribution in [0.2, 0.25) is 0 Å². The number of likely N-dealkylation sites (tertiary alicyclic amines) is 1. The Kier molecular flexibility index (Phi) is 3.60. The maximum absolute atomic E-state index is 12.8. The summed E-state index contributed by atoms with van der Waals surface area (Å²) in [6.45, 7) is 3.09. The predicted molar refractivity (Wildman–Crippen MR) is 86.6 cm³/mol. The minimum absolute atomic E-state index is 0.0977. The van der Waals surface area contributed by atoms with Crippen molar-refractivity contribution in [1.29, 1.82) is 0 Å². The number of carbonyl (C=O) groups is 2. The summed E-state index contributed by atoms with van der Waals surface area (Å²) in [5.41, 5.74) is 2.67. The number of hydrogen-bond acceptors (Lipinski definition) is 3. The van der Waals surface area contributed by atoms with Crippen molar-refractivity contribution in [2.24, 2.45) is 5.41 Å². The van der Waals surface area contributed by atoms with Gasteiger partial charge in [0.2, 0.25) is 11.8 Å². The number of rotatable bonds is 1. The van der Waals surface area contributed by atoms with E-state index in [1.165, 1.54) is 11.1 Å². The molecule has 2 fully saturated rings. The fraction of sp³-hybridized carbons (Fsp3) is 0.556. The summed E-state index contributed by atoms with van der Waals surface area (Å²) >= 11 is 0. The van der Waals surface area contributed by atoms with Gasteiger partial charge in [-0.2, -0.15) is 0 Å². The summed E-state index contributed by atoms with van der Waals surface area (Å²) in [7, 11) is 0. The smallest absolute Gasteiger partial charge is 0.240 e. The molecule has 3 heterocycles. The summed E-state index contributed by atoms with van der Waals surface area (Å²) in [6.07, 6.45) is 3.27. The number of nitrogens with one attached hydrogen (secondary N) is 2. The minimum atomic E-state index is -0.109. The van der Waals surface area contributed by atoms with Crippen LogP contribution >= 0.6 is 0 Å². The first-order valence-electron chi connectivity index (χ1n) is 8.51. The van der Waals surface area contributed by atoms with Gasteiger partial charge >= 0.3 is 0 Å². The third kappa shape index (κ3) is 2.74. The first kappa shape index (κ1) is 14.7. The Morgan fingerprint density at radius 1 is 1.17 bits per heavy atom. The average molecular weight is 313 g/mol. The number of carbonyl (C=O) groups excluding carboxylic acids is 2. The van der Waals surface area contributed by atoms with Crippen LogP contribution in [0.5, 0.6) is 0 Å². The highest BCUT2D eigenvalue weighted by molar-refractivity contribution is 5.83. The van der Waals surface area contributed by atoms with Crippen molar-refractivity contribution in [3.63, 3.8) is 0 Å². The third-order valence-corrected chi connectivity index (χ3v) is 5.71. The van der Waals surface area contributed by atoms with Crippen LogP contribution in [0.15, 0.2) is 24.3 Å². The van der Waals surface area contributed by atoms with Gasteiger partial charge in [0.05, 0.1) is 6.04 Å². The molecule has 5 heteroatoms. The molecular formula is C18H23N3O2. The first-order valence-corrected chi connectivity index (χ1v) is 8.51. The van der Waals surface area contributed by atoms with Gasteiger partial charge in [-0.1, -0.05) is 24.3 Å². The van der Waals surface area contributed by atoms with Gasteiger partial charge in [-0.3, -0.25) is 9.59 Å². The summed E-state index contributed by atoms with van der Waals surface area (Å²) in [4.78, 5) is 26.3. The molecular weight excluding hydrogens is 290 g/mol. The lowest BCUT2D eigenvalue weighted by molar-refractivity contribution is -0.135. The maximum atomic E-state index is 12.8. The molecule has 2 N–H and O–H groups in total. The molecule has 5 nitrogen and oxygen atoms in total. The Balaban J connectivity index is 1.38. The van der Waals surface area contributed by atoms with E-state index >= 15 is 0 Å². The van der Waals surface area contributed by atoms with E-state index < -0.39 is 0 Å². The second-order valence-electron chi connectivity index (χ2n) is 7.19. The van der Waals surface area contributed by atoms with Crippen LogP contribution in [-0.2, 0) is 22.6 Å². The molecule has 3 aliphatic heterocycles. The van der Waals surface area contributed by atoms with Crippen LogP contribution in [-0.4, -0.2) is 42.4 Å². The molecule has 122 valence electrons. The molecule has 2 amide bonds. The molecule has 3 aliphatic rings. The van der Waals surface area contributed by atoms with E-state index in [9.17, 15) is 9.59 Å². The lowest BCUT2D eigenvalue weighted by atomic mass is 9.77. The van der Waals surface area contributed by atoms with Crippen molar-refractivity contribution in [2.75, 3.05) is 19.6 Å². The van der Waals surface area contributed by atoms with Gasteiger partial charge < -0.3 is 15.5 Å². The van der Waals surface area contributed by atoms with E-state index in [0.717, 1.165) is 45.4 Å². The van der Waals surface area contributed by atoms with Crippen molar-refractivity contribution in [3.05, 3.63) is 35.4 Å². The first-order chi connectivity index (χ1) is 11.2. The van der Waals surface area contributed by atoms with Crippen molar-refractivity contribution in [1.82, 2.24) is 15.5 Å². The molecule has 0 aliphatic carbocycles. The van der Waals surface area contributed by atoms with Crippen molar-refractivity contribution >= 4 is 11.8 Å². The van der Waals surface area contributed by atoms with Gasteiger partial charge in [0.25, 0.3) is 0 Å². The van der Waals surface area contributed by atoms with E-state index in [-0.39, 0.29) is 23.3 Å². The normalized spacial score (nSPS) is 26.0. The van der Waals surface area contributed by atoms with Crippen LogP contribution < -0.4 is 10.6 Å². The molecule has 0 aromatic heterocycles. The SMILES string of the molecule is O=C1CC2(CCN(C(=O)[C@H]3Cc4ccccc4CN3)CC2)CN1. The zero-order valence-corrected chi connectivity index (χ0v) is 13.3. The molecule has 23 heavy (non-hydrogen) atoms. The molecule has 4 rings (SSSR count). The molecule has 1 aromatic rings. The fourth-order valence-corrected chi connectivity index (χ4v) is 4.16. The lowest BCUT2D eigenvalue weighted by Gasteiger charge is -2.40. The zero-order valence-electron chi connectivity index (χ0n) is 13.3. The van der Waals surface area contributed by atoms with Gasteiger partial charge in [0.15, 0.2) is 0 Å². The number of nitrogens with zero attached hydrogens (tertiary/aromatic N) is 1. The van der Waals surface area contributed by atoms with E-state index in [1.807, 2.05) is 17.0 Å². The number of piperidine rings is 1. The van der Waals surface area contributed by atoms with E-state index in [1.54, 1.807) is 0 Å². The molecule has 0 unspecified atom stereocenters. The van der Waals surface area contributed by atoms with E-state index in [2.05, 4.69) is 22.8 Å². The number of fused-ring (bicyclic) bond motifs is 1. The zero-order chi connectivity index (χ0) is 15.9. The number of amides is 2. The molecule has 2 saturated heterocycles. The standard InChI is InChI=1S/C18H23N3O2/c22-16-10-18(12-20-16)5-7-21(8-6-18)17(23)15-9-13-3-1-2-4-14(13)11-19-15/h1-4,15,19H,5-12H2,(H,20,22)/t15-/m1/s1. The maximum Gasteiger partial charge on any atom is 0.240 e. The summed E-state index contributed by atoms with van der Waals surface area (Å²) in [5, 5.41) is 6.33. The fourth-order valence-electron chi connectivity index (χ4n) is 4.16. The number of benzene rings is 1. The van der Waals surface area contributed by atoms with Crippen LogP contribution in [0.1, 0.15) is 30.4 Å². The Morgan fingerprint density at radius 3 is 2.61 bits per heavy atom. The minimum Gasteiger partial charge on any atom is -0.356 e. The highest BCUT2D eigenvalue weighted by Crippen LogP contribution is 2.37. The van der Waals surface area contributed by atoms with E-state index in [4.69, 9.17) is 0 Å². The van der Waals surface area contributed by atoms with Gasteiger partial charge in [0.1, 0.15) is 0 Å². The second-order valence-corrected chi connectivity index (χ2v) is 7.19. The van der Waals surface area contributed by atoms with Gasteiger partial charge in [0, 0.05) is 32.6 Å². The van der Waals surface area contributed by atoms with Gasteiger partial charge in [-0.25, -0.2) is 0 Å². The summed E-state index contributed by atoms with van der Waals surface area (Å²) in [6, 6.07) is 8.22. The topological polar surface area (TPSA) is 61.4 Å². The predicted octanol–water partition coefficient (Wildman–Crippen LogP) is 0.830. The summed E-state index contributed by atoms with van der Waals surface area (Å²) in [5.74, 6) is 0.377. The van der Waals surface area contributed by atoms with Crippen molar-refractivity contribution in [3.8, 4) is 0 Å². The molecule has 0 saturated carbocycles. The Morgan fingerprint density at radius 2 is 1.91 bits per heavy atom. The highest BCUT2D eigenvalue weighted by atomic mass is 16.2. The third-order valence-electron chi connectivity index (χ3n) is 5.71. The van der Waals surface area contributed by atoms with Gasteiger partial charge in [-0.05, 0) is 35.8 Å². The van der Waals surface area contributed by atoms with E-state index in [0.29, 0.717) is 6.42 Å². The van der Waals surface area contributed by atoms with Crippen LogP contribution in [0.3, 0.4) is 0 Å². The van der Waals surface area contributed by atoms with Crippen LogP contribution in [0, 0.1) is 5.41 Å². The van der Waals surface area contributed by atoms with Crippen molar-refractivity contribution in [2.45, 2.75) is 38.3 Å². The quantitative estimate of drug-likeness (QED) is 0.807. The average Bonchev–Trinajstić information content (AvgIpc) is 2.95. The van der Waals surface area contributed by atoms with Gasteiger partial charge in [-0.15, -0.1) is 0 Å². The monoisotopic (exact) mass is 313 g/mol. The molecule has 1 spiro atoms. The lowest BCUT2D eigenvalue weighted by Crippen LogP contribution is -2.53. The largest absolute Gasteiger partial charge is 0.356 e. The Hall–Kier alpha value is -1.88. The summed E-state index contributed by atoms with van der Waals surface area (Å²) < 4.78 is 0. The Bertz CT molecular complexity index is 635. The molecule has 1 atom stereocenters. The molecule has 0 bridgehead atoms. The van der Waals surface area contributed by atoms with Crippen LogP contribution in [0.4, 0.5) is 0 Å². The van der Waals surface area contributed by atoms with Crippen molar-refractivity contribution < 1.29 is 9.59 Å². The number of hydrogen-bond donors (Lipinski definition) is 2. The Labute approximate surface area is 136 Å². The molecule has 0 radical (unpaired) electrons. The van der Waals surface area contributed by atoms with Crippen LogP contribution in [0.25, 0.3) is 0 Å². The highest BCUT2D eigenvalue weighted by Gasteiger charge is 2.42. The molecule has 1 aromatic carbocycles. The second kappa shape index (κ2) is 5.64.